The third-order valence-corrected chi connectivity index (χ3v) is 14.5. The molecule has 5 heterocycles. The lowest BCUT2D eigenvalue weighted by atomic mass is 9.99. The van der Waals surface area contributed by atoms with Gasteiger partial charge in [0.25, 0.3) is 0 Å². The number of para-hydroxylation sites is 6. The minimum Gasteiger partial charge on any atom is -0.454 e. The summed E-state index contributed by atoms with van der Waals surface area (Å²) in [6, 6.07) is 83.0. The number of rotatable bonds is 6. The molecule has 0 amide bonds. The van der Waals surface area contributed by atoms with Gasteiger partial charge in [0.15, 0.2) is 11.4 Å². The molecule has 0 unspecified atom stereocenters. The zero-order chi connectivity index (χ0) is 47.4. The highest BCUT2D eigenvalue weighted by molar-refractivity contribution is 6.29. The molecular weight excluding hydrogens is 881 g/mol. The van der Waals surface area contributed by atoms with Gasteiger partial charge in [-0.3, -0.25) is 0 Å². The summed E-state index contributed by atoms with van der Waals surface area (Å²) in [6.45, 7) is 0. The normalized spacial score (nSPS) is 11.9. The zero-order valence-corrected chi connectivity index (χ0v) is 38.5. The molecule has 7 heteroatoms. The lowest BCUT2D eigenvalue weighted by Crippen LogP contribution is -2.03. The fourth-order valence-corrected chi connectivity index (χ4v) is 11.5. The molecule has 7 nitrogen and oxygen atoms in total. The van der Waals surface area contributed by atoms with Crippen molar-refractivity contribution >= 4 is 87.4 Å². The Bertz CT molecular complexity index is 4630. The second-order valence-corrected chi connectivity index (χ2v) is 18.3. The molecular formula is C65H38N6O. The highest BCUT2D eigenvalue weighted by atomic mass is 16.3. The number of hydrogen-bond acceptors (Lipinski definition) is 4. The Labute approximate surface area is 411 Å². The zero-order valence-electron chi connectivity index (χ0n) is 38.5. The van der Waals surface area contributed by atoms with E-state index in [2.05, 4.69) is 177 Å². The summed E-state index contributed by atoms with van der Waals surface area (Å²) in [5.41, 5.74) is 15.2. The van der Waals surface area contributed by atoms with Crippen LogP contribution in [-0.2, 0) is 0 Å². The lowest BCUT2D eigenvalue weighted by molar-refractivity contribution is 0.666. The highest BCUT2D eigenvalue weighted by Gasteiger charge is 2.29. The van der Waals surface area contributed by atoms with Gasteiger partial charge in [0.2, 0.25) is 0 Å². The summed E-state index contributed by atoms with van der Waals surface area (Å²) < 4.78 is 14.5. The standard InChI is InChI=1S/C65H38N6O/c66-39-50-60(40-20-4-1-5-21-40)67-65(68-61(50)41-22-6-2-7-23-41)48-36-37-55(64-58(48)47-30-14-19-35-57(47)72-64)71-53-33-17-12-28-45(53)49-38-56(70-51-31-15-10-26-43(51)44-27-11-16-32-52(44)70)63-59(62(49)71)46-29-13-18-34-54(46)69(63)42-24-8-3-9-25-42/h1-38H. The summed E-state index contributed by atoms with van der Waals surface area (Å²) in [7, 11) is 0. The van der Waals surface area contributed by atoms with E-state index >= 15 is 0 Å². The van der Waals surface area contributed by atoms with Gasteiger partial charge in [-0.2, -0.15) is 5.26 Å². The average Bonchev–Trinajstić information content (AvgIpc) is 4.20. The molecule has 5 aromatic heterocycles. The number of nitrogens with zero attached hydrogens (tertiary/aromatic N) is 6. The summed E-state index contributed by atoms with van der Waals surface area (Å²) in [5, 5.41) is 19.6. The Balaban J connectivity index is 1.11. The van der Waals surface area contributed by atoms with Crippen LogP contribution < -0.4 is 0 Å². The van der Waals surface area contributed by atoms with Crippen LogP contribution in [0.5, 0.6) is 0 Å². The molecule has 0 saturated carbocycles. The molecule has 0 fully saturated rings. The van der Waals surface area contributed by atoms with Gasteiger partial charge in [-0.1, -0.05) is 170 Å². The molecule has 0 N–H and O–H groups in total. The molecule has 0 bridgehead atoms. The van der Waals surface area contributed by atoms with Gasteiger partial charge in [-0.05, 0) is 60.7 Å². The SMILES string of the molecule is N#Cc1c(-c2ccccc2)nc(-c2ccc(-n3c4ccccc4c4cc(-n5c6ccccc6c6ccccc65)c5c(c6ccccc6n5-c5ccccc5)c43)c3oc4ccccc4c23)nc1-c1ccccc1. The molecule has 10 aromatic carbocycles. The van der Waals surface area contributed by atoms with E-state index in [1.54, 1.807) is 0 Å². The first-order valence-electron chi connectivity index (χ1n) is 24.1. The minimum atomic E-state index is 0.422. The largest absolute Gasteiger partial charge is 0.454 e. The van der Waals surface area contributed by atoms with Crippen molar-refractivity contribution in [3.05, 3.63) is 236 Å². The molecule has 0 atom stereocenters. The third-order valence-electron chi connectivity index (χ3n) is 14.5. The predicted octanol–water partition coefficient (Wildman–Crippen LogP) is 16.5. The maximum absolute atomic E-state index is 10.8. The third kappa shape index (κ3) is 5.66. The number of aromatic nitrogens is 5. The summed E-state index contributed by atoms with van der Waals surface area (Å²) in [6.07, 6.45) is 0. The number of fused-ring (bicyclic) bond motifs is 13. The van der Waals surface area contributed by atoms with E-state index in [0.29, 0.717) is 28.4 Å². The Morgan fingerprint density at radius 2 is 0.875 bits per heavy atom. The number of nitriles is 1. The predicted molar refractivity (Wildman–Crippen MR) is 293 cm³/mol. The maximum Gasteiger partial charge on any atom is 0.161 e. The fraction of sp³-hybridized carbons (Fsp3) is 0. The number of benzene rings is 10. The van der Waals surface area contributed by atoms with E-state index < -0.39 is 0 Å². The summed E-state index contributed by atoms with van der Waals surface area (Å²) in [4.78, 5) is 10.6. The molecule has 15 aromatic rings. The van der Waals surface area contributed by atoms with Crippen molar-refractivity contribution in [1.82, 2.24) is 23.7 Å². The van der Waals surface area contributed by atoms with Crippen molar-refractivity contribution in [1.29, 1.82) is 5.26 Å². The van der Waals surface area contributed by atoms with Crippen molar-refractivity contribution in [3.63, 3.8) is 0 Å². The van der Waals surface area contributed by atoms with Gasteiger partial charge >= 0.3 is 0 Å². The molecule has 0 aliphatic heterocycles. The van der Waals surface area contributed by atoms with Crippen LogP contribution in [0, 0.1) is 11.3 Å². The Morgan fingerprint density at radius 3 is 1.47 bits per heavy atom. The van der Waals surface area contributed by atoms with Crippen LogP contribution in [0.1, 0.15) is 5.56 Å². The molecule has 0 radical (unpaired) electrons. The first-order valence-corrected chi connectivity index (χ1v) is 24.1. The van der Waals surface area contributed by atoms with Gasteiger partial charge in [0, 0.05) is 65.5 Å². The average molecular weight is 919 g/mol. The maximum atomic E-state index is 10.8. The molecule has 0 spiro atoms. The van der Waals surface area contributed by atoms with Crippen LogP contribution in [0.15, 0.2) is 235 Å². The molecule has 72 heavy (non-hydrogen) atoms. The Morgan fingerprint density at radius 1 is 0.389 bits per heavy atom. The summed E-state index contributed by atoms with van der Waals surface area (Å²) in [5.74, 6) is 0.501. The number of hydrogen-bond donors (Lipinski definition) is 0. The van der Waals surface area contributed by atoms with Crippen molar-refractivity contribution in [3.8, 4) is 57.0 Å². The molecule has 334 valence electrons. The highest BCUT2D eigenvalue weighted by Crippen LogP contribution is 2.49. The van der Waals surface area contributed by atoms with E-state index in [4.69, 9.17) is 14.4 Å². The van der Waals surface area contributed by atoms with Crippen LogP contribution in [0.25, 0.3) is 138 Å². The fourth-order valence-electron chi connectivity index (χ4n) is 11.5. The topological polar surface area (TPSA) is 77.5 Å². The van der Waals surface area contributed by atoms with Crippen molar-refractivity contribution in [2.75, 3.05) is 0 Å². The van der Waals surface area contributed by atoms with E-state index in [9.17, 15) is 5.26 Å². The first kappa shape index (κ1) is 39.9. The van der Waals surface area contributed by atoms with Crippen LogP contribution in [0.4, 0.5) is 0 Å². The smallest absolute Gasteiger partial charge is 0.161 e. The summed E-state index contributed by atoms with van der Waals surface area (Å²) >= 11 is 0. The van der Waals surface area contributed by atoms with Crippen molar-refractivity contribution in [2.24, 2.45) is 0 Å². The molecule has 15 rings (SSSR count). The van der Waals surface area contributed by atoms with Crippen LogP contribution in [0.2, 0.25) is 0 Å². The van der Waals surface area contributed by atoms with E-state index in [1.165, 1.54) is 10.8 Å². The van der Waals surface area contributed by atoms with Gasteiger partial charge in [-0.25, -0.2) is 9.97 Å². The second kappa shape index (κ2) is 15.5. The first-order chi connectivity index (χ1) is 35.7. The lowest BCUT2D eigenvalue weighted by Gasteiger charge is -2.17. The van der Waals surface area contributed by atoms with Crippen LogP contribution in [0.3, 0.4) is 0 Å². The molecule has 0 saturated heterocycles. The van der Waals surface area contributed by atoms with Crippen LogP contribution >= 0.6 is 0 Å². The van der Waals surface area contributed by atoms with E-state index in [0.717, 1.165) is 105 Å². The Kier molecular flexibility index (Phi) is 8.59. The second-order valence-electron chi connectivity index (χ2n) is 18.3. The van der Waals surface area contributed by atoms with E-state index in [1.807, 2.05) is 72.8 Å². The monoisotopic (exact) mass is 918 g/mol. The Hall–Kier alpha value is -10.0. The van der Waals surface area contributed by atoms with E-state index in [-0.39, 0.29) is 0 Å². The quantitative estimate of drug-likeness (QED) is 0.166. The van der Waals surface area contributed by atoms with Gasteiger partial charge in [0.1, 0.15) is 17.2 Å². The van der Waals surface area contributed by atoms with Gasteiger partial charge < -0.3 is 18.1 Å². The van der Waals surface area contributed by atoms with Gasteiger partial charge in [0.05, 0.1) is 55.9 Å². The molecule has 0 aliphatic rings. The minimum absolute atomic E-state index is 0.422. The molecule has 0 aliphatic carbocycles. The van der Waals surface area contributed by atoms with Crippen LogP contribution in [-0.4, -0.2) is 23.7 Å². The number of furan rings is 1. The van der Waals surface area contributed by atoms with Gasteiger partial charge in [-0.15, -0.1) is 0 Å². The van der Waals surface area contributed by atoms with Crippen molar-refractivity contribution in [2.45, 2.75) is 0 Å². The van der Waals surface area contributed by atoms with Crippen molar-refractivity contribution < 1.29 is 4.42 Å².